The van der Waals surface area contributed by atoms with Gasteiger partial charge in [-0.1, -0.05) is 74.5 Å². The quantitative estimate of drug-likeness (QED) is 0.711. The van der Waals surface area contributed by atoms with E-state index in [1.165, 1.54) is 11.1 Å². The van der Waals surface area contributed by atoms with Crippen LogP contribution in [0.1, 0.15) is 31.1 Å². The van der Waals surface area contributed by atoms with Gasteiger partial charge < -0.3 is 14.5 Å². The lowest BCUT2D eigenvalue weighted by Crippen LogP contribution is -2.20. The molecule has 0 aliphatic heterocycles. The molecule has 0 aromatic heterocycles. The number of nitrogens with zero attached hydrogens (tertiary/aromatic N) is 2. The Kier molecular flexibility index (Phi) is 10.8. The first-order valence-corrected chi connectivity index (χ1v) is 9.13. The van der Waals surface area contributed by atoms with Crippen LogP contribution in [0.4, 0.5) is 0 Å². The van der Waals surface area contributed by atoms with Crippen molar-refractivity contribution >= 4 is 0 Å². The van der Waals surface area contributed by atoms with Gasteiger partial charge in [0.1, 0.15) is 6.10 Å². The van der Waals surface area contributed by atoms with E-state index in [-0.39, 0.29) is 6.10 Å². The number of likely N-dealkylation sites (N-methyl/N-ethyl adjacent to an activating group) is 1. The van der Waals surface area contributed by atoms with E-state index in [2.05, 4.69) is 93.3 Å². The van der Waals surface area contributed by atoms with Crippen LogP contribution in [0.15, 0.2) is 60.7 Å². The summed E-state index contributed by atoms with van der Waals surface area (Å²) in [5.74, 6) is 0. The zero-order valence-electron chi connectivity index (χ0n) is 16.5. The minimum absolute atomic E-state index is 0.0161. The number of ether oxygens (including phenoxy) is 1. The maximum atomic E-state index is 6.08. The molecule has 0 bridgehead atoms. The molecule has 0 aliphatic rings. The second-order valence-electron chi connectivity index (χ2n) is 6.36. The van der Waals surface area contributed by atoms with Crippen molar-refractivity contribution < 1.29 is 4.74 Å². The van der Waals surface area contributed by atoms with Gasteiger partial charge in [0.15, 0.2) is 0 Å². The van der Waals surface area contributed by atoms with Gasteiger partial charge in [0, 0.05) is 6.54 Å². The van der Waals surface area contributed by atoms with Crippen molar-refractivity contribution in [3.05, 3.63) is 71.8 Å². The Labute approximate surface area is 154 Å². The topological polar surface area (TPSA) is 15.7 Å². The summed E-state index contributed by atoms with van der Waals surface area (Å²) in [5.41, 5.74) is 2.40. The minimum Gasteiger partial charge on any atom is -0.367 e. The molecule has 0 heterocycles. The highest BCUT2D eigenvalue weighted by Crippen LogP contribution is 2.25. The SMILES string of the molecule is CCN(C)CC.CN(C)CCOC(c1ccccc1)c1ccccc1. The average Bonchev–Trinajstić information content (AvgIpc) is 2.66. The Balaban J connectivity index is 0.000000450. The molecule has 3 nitrogen and oxygen atoms in total. The maximum absolute atomic E-state index is 6.08. The van der Waals surface area contributed by atoms with E-state index in [1.807, 2.05) is 12.1 Å². The molecule has 0 unspecified atom stereocenters. The highest BCUT2D eigenvalue weighted by molar-refractivity contribution is 5.29. The predicted molar refractivity (Wildman–Crippen MR) is 108 cm³/mol. The van der Waals surface area contributed by atoms with Gasteiger partial charge in [-0.05, 0) is 45.4 Å². The van der Waals surface area contributed by atoms with Crippen molar-refractivity contribution in [2.45, 2.75) is 20.0 Å². The molecule has 0 fully saturated rings. The summed E-state index contributed by atoms with van der Waals surface area (Å²) in [5, 5.41) is 0. The molecule has 3 heteroatoms. The molecule has 0 amide bonds. The van der Waals surface area contributed by atoms with Gasteiger partial charge in [-0.2, -0.15) is 0 Å². The third kappa shape index (κ3) is 8.82. The van der Waals surface area contributed by atoms with Gasteiger partial charge in [-0.3, -0.25) is 0 Å². The van der Waals surface area contributed by atoms with Gasteiger partial charge in [-0.25, -0.2) is 0 Å². The molecule has 0 spiro atoms. The molecule has 2 aromatic carbocycles. The summed E-state index contributed by atoms with van der Waals surface area (Å²) in [7, 11) is 6.23. The Morgan fingerprint density at radius 3 is 1.52 bits per heavy atom. The van der Waals surface area contributed by atoms with E-state index in [4.69, 9.17) is 4.74 Å². The summed E-state index contributed by atoms with van der Waals surface area (Å²) in [6.45, 7) is 8.29. The lowest BCUT2D eigenvalue weighted by Gasteiger charge is -2.20. The van der Waals surface area contributed by atoms with Crippen molar-refractivity contribution in [3.63, 3.8) is 0 Å². The van der Waals surface area contributed by atoms with Crippen molar-refractivity contribution in [1.29, 1.82) is 0 Å². The monoisotopic (exact) mass is 342 g/mol. The van der Waals surface area contributed by atoms with Crippen LogP contribution in [0.5, 0.6) is 0 Å². The highest BCUT2D eigenvalue weighted by atomic mass is 16.5. The fourth-order valence-corrected chi connectivity index (χ4v) is 2.22. The van der Waals surface area contributed by atoms with E-state index >= 15 is 0 Å². The average molecular weight is 343 g/mol. The Morgan fingerprint density at radius 1 is 0.760 bits per heavy atom. The lowest BCUT2D eigenvalue weighted by atomic mass is 10.0. The standard InChI is InChI=1S/C17H21NO.C5H13N/c1-18(2)13-14-19-17(15-9-5-3-6-10-15)16-11-7-4-8-12-16;1-4-6(3)5-2/h3-12,17H,13-14H2,1-2H3;4-5H2,1-3H3. The molecule has 25 heavy (non-hydrogen) atoms. The molecule has 2 aromatic rings. The smallest absolute Gasteiger partial charge is 0.108 e. The molecule has 0 saturated carbocycles. The molecular formula is C22H34N2O. The van der Waals surface area contributed by atoms with Crippen molar-refractivity contribution in [1.82, 2.24) is 9.80 Å². The molecule has 0 saturated heterocycles. The summed E-state index contributed by atoms with van der Waals surface area (Å²) < 4.78 is 6.08. The Morgan fingerprint density at radius 2 is 1.20 bits per heavy atom. The van der Waals surface area contributed by atoms with Crippen LogP contribution >= 0.6 is 0 Å². The molecule has 0 radical (unpaired) electrons. The first kappa shape index (κ1) is 21.4. The highest BCUT2D eigenvalue weighted by Gasteiger charge is 2.13. The maximum Gasteiger partial charge on any atom is 0.108 e. The Bertz CT molecular complexity index is 499. The zero-order valence-corrected chi connectivity index (χ0v) is 16.5. The molecule has 0 atom stereocenters. The van der Waals surface area contributed by atoms with E-state index in [9.17, 15) is 0 Å². The van der Waals surface area contributed by atoms with Crippen LogP contribution in [0.3, 0.4) is 0 Å². The third-order valence-electron chi connectivity index (χ3n) is 4.11. The number of hydrogen-bond acceptors (Lipinski definition) is 3. The fraction of sp³-hybridized carbons (Fsp3) is 0.455. The first-order chi connectivity index (χ1) is 12.1. The zero-order chi connectivity index (χ0) is 18.5. The minimum atomic E-state index is 0.0161. The molecule has 0 aliphatic carbocycles. The third-order valence-corrected chi connectivity index (χ3v) is 4.11. The van der Waals surface area contributed by atoms with Gasteiger partial charge in [0.05, 0.1) is 6.61 Å². The van der Waals surface area contributed by atoms with Crippen molar-refractivity contribution in [2.75, 3.05) is 47.4 Å². The van der Waals surface area contributed by atoms with Gasteiger partial charge in [0.2, 0.25) is 0 Å². The van der Waals surface area contributed by atoms with Crippen LogP contribution < -0.4 is 0 Å². The van der Waals surface area contributed by atoms with Crippen LogP contribution in [-0.4, -0.2) is 57.2 Å². The van der Waals surface area contributed by atoms with Crippen LogP contribution in [0, 0.1) is 0 Å². The van der Waals surface area contributed by atoms with Gasteiger partial charge >= 0.3 is 0 Å². The van der Waals surface area contributed by atoms with E-state index in [0.29, 0.717) is 0 Å². The fourth-order valence-electron chi connectivity index (χ4n) is 2.22. The summed E-state index contributed by atoms with van der Waals surface area (Å²) in [4.78, 5) is 4.38. The summed E-state index contributed by atoms with van der Waals surface area (Å²) in [6, 6.07) is 20.8. The van der Waals surface area contributed by atoms with E-state index in [1.54, 1.807) is 0 Å². The second kappa shape index (κ2) is 12.6. The molecule has 138 valence electrons. The first-order valence-electron chi connectivity index (χ1n) is 9.13. The molecule has 2 rings (SSSR count). The second-order valence-corrected chi connectivity index (χ2v) is 6.36. The van der Waals surface area contributed by atoms with Crippen molar-refractivity contribution in [2.24, 2.45) is 0 Å². The van der Waals surface area contributed by atoms with Crippen LogP contribution in [0.25, 0.3) is 0 Å². The van der Waals surface area contributed by atoms with Gasteiger partial charge in [-0.15, -0.1) is 0 Å². The van der Waals surface area contributed by atoms with Crippen LogP contribution in [-0.2, 0) is 4.74 Å². The van der Waals surface area contributed by atoms with Crippen molar-refractivity contribution in [3.8, 4) is 0 Å². The number of benzene rings is 2. The summed E-state index contributed by atoms with van der Waals surface area (Å²) >= 11 is 0. The largest absolute Gasteiger partial charge is 0.367 e. The van der Waals surface area contributed by atoms with E-state index in [0.717, 1.165) is 26.2 Å². The normalized spacial score (nSPS) is 10.9. The van der Waals surface area contributed by atoms with Crippen LogP contribution in [0.2, 0.25) is 0 Å². The van der Waals surface area contributed by atoms with E-state index < -0.39 is 0 Å². The molecule has 0 N–H and O–H groups in total. The molecular weight excluding hydrogens is 308 g/mol. The summed E-state index contributed by atoms with van der Waals surface area (Å²) in [6.07, 6.45) is 0.0161. The number of hydrogen-bond donors (Lipinski definition) is 0. The van der Waals surface area contributed by atoms with Gasteiger partial charge in [0.25, 0.3) is 0 Å². The Hall–Kier alpha value is -1.68. The lowest BCUT2D eigenvalue weighted by molar-refractivity contribution is 0.0687. The number of rotatable bonds is 8. The predicted octanol–water partition coefficient (Wildman–Crippen LogP) is 4.31.